The number of ether oxygens (including phenoxy) is 1. The van der Waals surface area contributed by atoms with Crippen LogP contribution in [0.25, 0.3) is 0 Å². The predicted molar refractivity (Wildman–Crippen MR) is 74.7 cm³/mol. The lowest BCUT2D eigenvalue weighted by molar-refractivity contribution is 0.102. The van der Waals surface area contributed by atoms with Gasteiger partial charge in [0.25, 0.3) is 0 Å². The van der Waals surface area contributed by atoms with E-state index in [0.29, 0.717) is 25.0 Å². The second-order valence-electron chi connectivity index (χ2n) is 4.96. The lowest BCUT2D eigenvalue weighted by atomic mass is 10.3. The molecule has 0 spiro atoms. The maximum atomic E-state index is 9.74. The zero-order valence-corrected chi connectivity index (χ0v) is 11.8. The molecule has 0 saturated heterocycles. The smallest absolute Gasteiger partial charge is 0.232 e. The van der Waals surface area contributed by atoms with E-state index in [0.717, 1.165) is 5.76 Å². The Hall–Kier alpha value is -1.79. The second-order valence-corrected chi connectivity index (χ2v) is 4.96. The molecule has 6 heteroatoms. The molecule has 20 heavy (non-hydrogen) atoms. The Labute approximate surface area is 118 Å². The van der Waals surface area contributed by atoms with Crippen molar-refractivity contribution in [3.8, 4) is 5.88 Å². The van der Waals surface area contributed by atoms with E-state index >= 15 is 0 Å². The first kappa shape index (κ1) is 14.6. The first-order valence-corrected chi connectivity index (χ1v) is 6.73. The van der Waals surface area contributed by atoms with Crippen molar-refractivity contribution in [2.45, 2.75) is 32.5 Å². The fourth-order valence-corrected chi connectivity index (χ4v) is 1.68. The molecule has 0 saturated carbocycles. The largest absolute Gasteiger partial charge is 0.474 e. The Morgan fingerprint density at radius 3 is 3.00 bits per heavy atom. The van der Waals surface area contributed by atoms with E-state index in [4.69, 9.17) is 9.15 Å². The molecule has 2 aromatic heterocycles. The highest BCUT2D eigenvalue weighted by Gasteiger charge is 2.08. The Kier molecular flexibility index (Phi) is 5.20. The standard InChI is InChI=1S/C14H21N3O3/c1-11(2)15-8-12(18)10-20-14-5-6-17(16-14)9-13-4-3-7-19-13/h3-7,11-12,15,18H,8-10H2,1-2H3. The van der Waals surface area contributed by atoms with E-state index in [1.165, 1.54) is 0 Å². The molecule has 6 nitrogen and oxygen atoms in total. The zero-order valence-electron chi connectivity index (χ0n) is 11.8. The highest BCUT2D eigenvalue weighted by atomic mass is 16.5. The van der Waals surface area contributed by atoms with Gasteiger partial charge in [-0.05, 0) is 12.1 Å². The molecule has 0 fully saturated rings. The molecule has 2 rings (SSSR count). The summed E-state index contributed by atoms with van der Waals surface area (Å²) in [5.41, 5.74) is 0. The molecule has 1 unspecified atom stereocenters. The van der Waals surface area contributed by atoms with Crippen LogP contribution in [0.1, 0.15) is 19.6 Å². The van der Waals surface area contributed by atoms with Crippen molar-refractivity contribution in [1.82, 2.24) is 15.1 Å². The molecule has 0 aliphatic rings. The van der Waals surface area contributed by atoms with Crippen LogP contribution in [0.3, 0.4) is 0 Å². The first-order chi connectivity index (χ1) is 9.63. The molecule has 0 aromatic carbocycles. The molecule has 2 aromatic rings. The summed E-state index contributed by atoms with van der Waals surface area (Å²) in [4.78, 5) is 0. The topological polar surface area (TPSA) is 72.4 Å². The van der Waals surface area contributed by atoms with E-state index in [2.05, 4.69) is 10.4 Å². The number of hydrogen-bond acceptors (Lipinski definition) is 5. The van der Waals surface area contributed by atoms with Crippen molar-refractivity contribution >= 4 is 0 Å². The summed E-state index contributed by atoms with van der Waals surface area (Å²) in [5.74, 6) is 1.33. The van der Waals surface area contributed by atoms with Crippen LogP contribution in [-0.2, 0) is 6.54 Å². The van der Waals surface area contributed by atoms with Gasteiger partial charge in [-0.25, -0.2) is 0 Å². The van der Waals surface area contributed by atoms with E-state index in [-0.39, 0.29) is 6.61 Å². The van der Waals surface area contributed by atoms with Crippen LogP contribution in [-0.4, -0.2) is 40.2 Å². The summed E-state index contributed by atoms with van der Waals surface area (Å²) >= 11 is 0. The number of aromatic nitrogens is 2. The van der Waals surface area contributed by atoms with Gasteiger partial charge in [0.1, 0.15) is 18.5 Å². The van der Waals surface area contributed by atoms with Gasteiger partial charge in [0, 0.05) is 24.8 Å². The molecular formula is C14H21N3O3. The molecule has 2 heterocycles. The molecule has 0 bridgehead atoms. The van der Waals surface area contributed by atoms with Gasteiger partial charge in [-0.3, -0.25) is 4.68 Å². The molecule has 0 radical (unpaired) electrons. The van der Waals surface area contributed by atoms with E-state index < -0.39 is 6.10 Å². The molecule has 0 amide bonds. The quantitative estimate of drug-likeness (QED) is 0.761. The third-order valence-electron chi connectivity index (χ3n) is 2.70. The summed E-state index contributed by atoms with van der Waals surface area (Å²) in [6.07, 6.45) is 2.90. The third-order valence-corrected chi connectivity index (χ3v) is 2.70. The van der Waals surface area contributed by atoms with Crippen molar-refractivity contribution in [3.63, 3.8) is 0 Å². The maximum Gasteiger partial charge on any atom is 0.232 e. The third kappa shape index (κ3) is 4.71. The van der Waals surface area contributed by atoms with Gasteiger partial charge in [0.05, 0.1) is 12.8 Å². The monoisotopic (exact) mass is 279 g/mol. The lowest BCUT2D eigenvalue weighted by Crippen LogP contribution is -2.35. The van der Waals surface area contributed by atoms with Crippen molar-refractivity contribution in [1.29, 1.82) is 0 Å². The van der Waals surface area contributed by atoms with E-state index in [1.54, 1.807) is 17.0 Å². The van der Waals surface area contributed by atoms with Crippen LogP contribution in [0.2, 0.25) is 0 Å². The summed E-state index contributed by atoms with van der Waals surface area (Å²) in [5, 5.41) is 17.1. The molecule has 2 N–H and O–H groups in total. The summed E-state index contributed by atoms with van der Waals surface area (Å²) in [6, 6.07) is 5.85. The Morgan fingerprint density at radius 2 is 2.30 bits per heavy atom. The average molecular weight is 279 g/mol. The van der Waals surface area contributed by atoms with Crippen LogP contribution in [0.4, 0.5) is 0 Å². The SMILES string of the molecule is CC(C)NCC(O)COc1ccn(Cc2ccco2)n1. The number of rotatable bonds is 8. The van der Waals surface area contributed by atoms with Gasteiger partial charge in [-0.1, -0.05) is 13.8 Å². The zero-order chi connectivity index (χ0) is 14.4. The van der Waals surface area contributed by atoms with Gasteiger partial charge in [-0.15, -0.1) is 5.10 Å². The van der Waals surface area contributed by atoms with Crippen molar-refractivity contribution in [3.05, 3.63) is 36.4 Å². The second kappa shape index (κ2) is 7.12. The van der Waals surface area contributed by atoms with Gasteiger partial charge in [0.2, 0.25) is 5.88 Å². The minimum Gasteiger partial charge on any atom is -0.474 e. The highest BCUT2D eigenvalue weighted by Crippen LogP contribution is 2.09. The van der Waals surface area contributed by atoms with Crippen LogP contribution in [0.15, 0.2) is 35.1 Å². The van der Waals surface area contributed by atoms with Gasteiger partial charge >= 0.3 is 0 Å². The van der Waals surface area contributed by atoms with Crippen molar-refractivity contribution in [2.75, 3.05) is 13.2 Å². The molecule has 110 valence electrons. The molecule has 0 aliphatic carbocycles. The van der Waals surface area contributed by atoms with Gasteiger partial charge < -0.3 is 19.6 Å². The van der Waals surface area contributed by atoms with Crippen molar-refractivity contribution < 1.29 is 14.3 Å². The molecule has 1 atom stereocenters. The lowest BCUT2D eigenvalue weighted by Gasteiger charge is -2.13. The number of aliphatic hydroxyl groups excluding tert-OH is 1. The summed E-state index contributed by atoms with van der Waals surface area (Å²) < 4.78 is 12.4. The minimum atomic E-state index is -0.548. The number of nitrogens with zero attached hydrogens (tertiary/aromatic N) is 2. The average Bonchev–Trinajstić information content (AvgIpc) is 3.06. The van der Waals surface area contributed by atoms with Crippen LogP contribution >= 0.6 is 0 Å². The number of furan rings is 1. The van der Waals surface area contributed by atoms with Crippen LogP contribution in [0.5, 0.6) is 5.88 Å². The molecular weight excluding hydrogens is 258 g/mol. The van der Waals surface area contributed by atoms with Gasteiger partial charge in [-0.2, -0.15) is 0 Å². The number of nitrogens with one attached hydrogen (secondary N) is 1. The fourth-order valence-electron chi connectivity index (χ4n) is 1.68. The summed E-state index contributed by atoms with van der Waals surface area (Å²) in [7, 11) is 0. The highest BCUT2D eigenvalue weighted by molar-refractivity contribution is 5.07. The minimum absolute atomic E-state index is 0.220. The van der Waals surface area contributed by atoms with Crippen molar-refractivity contribution in [2.24, 2.45) is 0 Å². The van der Waals surface area contributed by atoms with Crippen LogP contribution < -0.4 is 10.1 Å². The molecule has 0 aliphatic heterocycles. The predicted octanol–water partition coefficient (Wildman–Crippen LogP) is 1.26. The fraction of sp³-hybridized carbons (Fsp3) is 0.500. The maximum absolute atomic E-state index is 9.74. The van der Waals surface area contributed by atoms with Gasteiger partial charge in [0.15, 0.2) is 0 Å². The number of hydrogen-bond donors (Lipinski definition) is 2. The Balaban J connectivity index is 1.75. The van der Waals surface area contributed by atoms with E-state index in [9.17, 15) is 5.11 Å². The first-order valence-electron chi connectivity index (χ1n) is 6.73. The van der Waals surface area contributed by atoms with Crippen LogP contribution in [0, 0.1) is 0 Å². The Bertz CT molecular complexity index is 493. The van der Waals surface area contributed by atoms with E-state index in [1.807, 2.05) is 32.2 Å². The normalized spacial score (nSPS) is 12.8. The number of aliphatic hydroxyl groups is 1. The summed E-state index contributed by atoms with van der Waals surface area (Å²) in [6.45, 7) is 5.35. The Morgan fingerprint density at radius 1 is 1.45 bits per heavy atom.